The Morgan fingerprint density at radius 3 is 2.57 bits per heavy atom. The quantitative estimate of drug-likeness (QED) is 0.789. The fraction of sp³-hybridized carbons (Fsp3) is 0.200. The molecule has 0 saturated heterocycles. The lowest BCUT2D eigenvalue weighted by Gasteiger charge is -2.10. The molecule has 0 aliphatic rings. The number of hydrogen-bond donors (Lipinski definition) is 1. The normalized spacial score (nSPS) is 10.6. The summed E-state index contributed by atoms with van der Waals surface area (Å²) in [5.41, 5.74) is 1.83. The van der Waals surface area contributed by atoms with Crippen molar-refractivity contribution in [2.75, 3.05) is 12.4 Å². The number of rotatable bonds is 4. The van der Waals surface area contributed by atoms with E-state index in [0.29, 0.717) is 28.6 Å². The van der Waals surface area contributed by atoms with E-state index in [1.165, 1.54) is 19.4 Å². The number of anilines is 1. The average Bonchev–Trinajstić information content (AvgIpc) is 3.20. The van der Waals surface area contributed by atoms with Gasteiger partial charge in [0.1, 0.15) is 0 Å². The van der Waals surface area contributed by atoms with E-state index in [-0.39, 0.29) is 11.7 Å². The summed E-state index contributed by atoms with van der Waals surface area (Å²) in [6.07, 6.45) is 1.51. The van der Waals surface area contributed by atoms with Gasteiger partial charge in [-0.2, -0.15) is 9.97 Å². The molecule has 0 radical (unpaired) electrons. The third-order valence-electron chi connectivity index (χ3n) is 3.18. The number of carbonyl (C=O) groups is 1. The standard InChI is InChI=1S/C15H14N4O4/c1-8-13(9(2)17-15(16-8)21-3)18-14(20)10-7-12(23-19-10)11-5-4-6-22-11/h4-7H,1-3H3,(H,18,20). The Kier molecular flexibility index (Phi) is 3.80. The van der Waals surface area contributed by atoms with E-state index in [4.69, 9.17) is 13.7 Å². The molecule has 8 nitrogen and oxygen atoms in total. The maximum absolute atomic E-state index is 12.3. The zero-order chi connectivity index (χ0) is 16.4. The first-order valence-corrected chi connectivity index (χ1v) is 6.79. The van der Waals surface area contributed by atoms with E-state index in [1.807, 2.05) is 0 Å². The molecule has 0 aromatic carbocycles. The largest absolute Gasteiger partial charge is 0.467 e. The Hall–Kier alpha value is -3.16. The van der Waals surface area contributed by atoms with Crippen LogP contribution in [0.1, 0.15) is 21.9 Å². The molecule has 0 atom stereocenters. The molecule has 0 fully saturated rings. The van der Waals surface area contributed by atoms with Crippen molar-refractivity contribution in [1.29, 1.82) is 0 Å². The molecule has 8 heteroatoms. The molecule has 0 spiro atoms. The second-order valence-corrected chi connectivity index (χ2v) is 4.76. The highest BCUT2D eigenvalue weighted by Gasteiger charge is 2.18. The highest BCUT2D eigenvalue weighted by molar-refractivity contribution is 6.03. The lowest BCUT2D eigenvalue weighted by molar-refractivity contribution is 0.101. The number of hydrogen-bond acceptors (Lipinski definition) is 7. The molecule has 0 aliphatic carbocycles. The van der Waals surface area contributed by atoms with Crippen molar-refractivity contribution in [2.45, 2.75) is 13.8 Å². The topological polar surface area (TPSA) is 103 Å². The average molecular weight is 314 g/mol. The zero-order valence-electron chi connectivity index (χ0n) is 12.8. The summed E-state index contributed by atoms with van der Waals surface area (Å²) in [5, 5.41) is 6.48. The first-order valence-electron chi connectivity index (χ1n) is 6.79. The van der Waals surface area contributed by atoms with Gasteiger partial charge in [0.15, 0.2) is 11.5 Å². The number of amides is 1. The van der Waals surface area contributed by atoms with Crippen LogP contribution < -0.4 is 10.1 Å². The van der Waals surface area contributed by atoms with Gasteiger partial charge in [-0.05, 0) is 26.0 Å². The molecule has 118 valence electrons. The van der Waals surface area contributed by atoms with Gasteiger partial charge >= 0.3 is 6.01 Å². The summed E-state index contributed by atoms with van der Waals surface area (Å²) >= 11 is 0. The Labute approximate surface area is 131 Å². The van der Waals surface area contributed by atoms with Crippen LogP contribution in [0.3, 0.4) is 0 Å². The minimum atomic E-state index is -0.425. The fourth-order valence-corrected chi connectivity index (χ4v) is 2.05. The van der Waals surface area contributed by atoms with Gasteiger partial charge in [0.05, 0.1) is 30.4 Å². The molecule has 3 aromatic rings. The van der Waals surface area contributed by atoms with E-state index in [2.05, 4.69) is 20.4 Å². The summed E-state index contributed by atoms with van der Waals surface area (Å²) in [6.45, 7) is 3.51. The molecule has 1 N–H and O–H groups in total. The third kappa shape index (κ3) is 2.91. The van der Waals surface area contributed by atoms with Crippen LogP contribution in [0.5, 0.6) is 6.01 Å². The molecule has 23 heavy (non-hydrogen) atoms. The smallest absolute Gasteiger partial charge is 0.316 e. The molecule has 3 heterocycles. The van der Waals surface area contributed by atoms with Crippen molar-refractivity contribution in [3.63, 3.8) is 0 Å². The molecule has 1 amide bonds. The minimum absolute atomic E-state index is 0.131. The molecular formula is C15H14N4O4. The van der Waals surface area contributed by atoms with E-state index in [0.717, 1.165) is 0 Å². The van der Waals surface area contributed by atoms with Crippen molar-refractivity contribution in [1.82, 2.24) is 15.1 Å². The SMILES string of the molecule is COc1nc(C)c(NC(=O)c2cc(-c3ccco3)on2)c(C)n1. The predicted octanol–water partition coefficient (Wildman–Crippen LogP) is 2.60. The van der Waals surface area contributed by atoms with Gasteiger partial charge in [-0.1, -0.05) is 5.16 Å². The Bertz CT molecular complexity index is 816. The molecule has 0 saturated carbocycles. The van der Waals surface area contributed by atoms with Gasteiger partial charge in [-0.3, -0.25) is 4.79 Å². The monoisotopic (exact) mass is 314 g/mol. The lowest BCUT2D eigenvalue weighted by Crippen LogP contribution is -2.15. The van der Waals surface area contributed by atoms with Crippen molar-refractivity contribution < 1.29 is 18.5 Å². The van der Waals surface area contributed by atoms with Crippen LogP contribution in [0.15, 0.2) is 33.4 Å². The molecule has 0 bridgehead atoms. The molecule has 3 aromatic heterocycles. The highest BCUT2D eigenvalue weighted by Crippen LogP contribution is 2.23. The van der Waals surface area contributed by atoms with Crippen molar-refractivity contribution in [3.05, 3.63) is 41.5 Å². The third-order valence-corrected chi connectivity index (χ3v) is 3.18. The van der Waals surface area contributed by atoms with Gasteiger partial charge in [0.25, 0.3) is 5.91 Å². The fourth-order valence-electron chi connectivity index (χ4n) is 2.05. The van der Waals surface area contributed by atoms with E-state index in [9.17, 15) is 4.79 Å². The maximum atomic E-state index is 12.3. The van der Waals surface area contributed by atoms with Gasteiger partial charge in [0, 0.05) is 6.07 Å². The van der Waals surface area contributed by atoms with Crippen LogP contribution in [0.4, 0.5) is 5.69 Å². The van der Waals surface area contributed by atoms with Gasteiger partial charge in [-0.15, -0.1) is 0 Å². The second kappa shape index (κ2) is 5.91. The summed E-state index contributed by atoms with van der Waals surface area (Å²) in [7, 11) is 1.48. The number of aromatic nitrogens is 3. The van der Waals surface area contributed by atoms with Crippen LogP contribution in [-0.2, 0) is 0 Å². The number of aryl methyl sites for hydroxylation is 2. The van der Waals surface area contributed by atoms with Gasteiger partial charge in [0.2, 0.25) is 5.76 Å². The van der Waals surface area contributed by atoms with E-state index in [1.54, 1.807) is 26.0 Å². The Morgan fingerprint density at radius 2 is 1.96 bits per heavy atom. The van der Waals surface area contributed by atoms with Crippen molar-refractivity contribution in [2.24, 2.45) is 0 Å². The number of nitrogens with zero attached hydrogens (tertiary/aromatic N) is 3. The Balaban J connectivity index is 1.83. The number of nitrogens with one attached hydrogen (secondary N) is 1. The van der Waals surface area contributed by atoms with Crippen molar-refractivity contribution in [3.8, 4) is 17.5 Å². The number of ether oxygens (including phenoxy) is 1. The van der Waals surface area contributed by atoms with Crippen LogP contribution >= 0.6 is 0 Å². The molecule has 0 unspecified atom stereocenters. The number of furan rings is 1. The predicted molar refractivity (Wildman–Crippen MR) is 80.2 cm³/mol. The Morgan fingerprint density at radius 1 is 1.22 bits per heavy atom. The zero-order valence-corrected chi connectivity index (χ0v) is 12.8. The number of carbonyl (C=O) groups excluding carboxylic acids is 1. The van der Waals surface area contributed by atoms with Gasteiger partial charge in [-0.25, -0.2) is 0 Å². The summed E-state index contributed by atoms with van der Waals surface area (Å²) < 4.78 is 15.3. The molecule has 3 rings (SSSR count). The first kappa shape index (κ1) is 14.8. The lowest BCUT2D eigenvalue weighted by atomic mass is 10.2. The van der Waals surface area contributed by atoms with E-state index >= 15 is 0 Å². The highest BCUT2D eigenvalue weighted by atomic mass is 16.5. The minimum Gasteiger partial charge on any atom is -0.467 e. The summed E-state index contributed by atoms with van der Waals surface area (Å²) in [4.78, 5) is 20.6. The van der Waals surface area contributed by atoms with Crippen LogP contribution in [0.2, 0.25) is 0 Å². The van der Waals surface area contributed by atoms with Crippen LogP contribution in [0.25, 0.3) is 11.5 Å². The van der Waals surface area contributed by atoms with E-state index < -0.39 is 5.91 Å². The first-order chi connectivity index (χ1) is 11.1. The molecular weight excluding hydrogens is 300 g/mol. The van der Waals surface area contributed by atoms with Crippen LogP contribution in [0, 0.1) is 13.8 Å². The van der Waals surface area contributed by atoms with Gasteiger partial charge < -0.3 is 19.0 Å². The number of methoxy groups -OCH3 is 1. The summed E-state index contributed by atoms with van der Waals surface area (Å²) in [6, 6.07) is 5.19. The second-order valence-electron chi connectivity index (χ2n) is 4.76. The van der Waals surface area contributed by atoms with Crippen molar-refractivity contribution >= 4 is 11.6 Å². The summed E-state index contributed by atoms with van der Waals surface area (Å²) in [5.74, 6) is 0.447. The maximum Gasteiger partial charge on any atom is 0.316 e. The molecule has 0 aliphatic heterocycles. The van der Waals surface area contributed by atoms with Crippen LogP contribution in [-0.4, -0.2) is 28.1 Å².